The zero-order valence-electron chi connectivity index (χ0n) is 11.6. The fourth-order valence-electron chi connectivity index (χ4n) is 2.37. The van der Waals surface area contributed by atoms with E-state index in [1.807, 2.05) is 36.4 Å². The highest BCUT2D eigenvalue weighted by Crippen LogP contribution is 2.25. The van der Waals surface area contributed by atoms with Crippen molar-refractivity contribution in [1.82, 2.24) is 4.98 Å². The molecule has 2 nitrogen and oxygen atoms in total. The van der Waals surface area contributed by atoms with E-state index in [9.17, 15) is 4.79 Å². The Balaban J connectivity index is 2.21. The Morgan fingerprint density at radius 2 is 1.75 bits per heavy atom. The van der Waals surface area contributed by atoms with Crippen molar-refractivity contribution in [1.29, 1.82) is 0 Å². The van der Waals surface area contributed by atoms with Crippen LogP contribution in [0, 0.1) is 6.92 Å². The normalized spacial score (nSPS) is 10.7. The summed E-state index contributed by atoms with van der Waals surface area (Å²) in [6.07, 6.45) is 0. The molecule has 0 N–H and O–H groups in total. The molecule has 2 heteroatoms. The SMILES string of the molecule is CC(=O)c1ccc2nc(-c3ccccc3)cc(C)c2c1. The van der Waals surface area contributed by atoms with Gasteiger partial charge in [-0.05, 0) is 43.7 Å². The molecule has 0 aliphatic rings. The minimum absolute atomic E-state index is 0.0819. The molecule has 0 aliphatic carbocycles. The van der Waals surface area contributed by atoms with Crippen LogP contribution in [0.1, 0.15) is 22.8 Å². The topological polar surface area (TPSA) is 30.0 Å². The van der Waals surface area contributed by atoms with Crippen LogP contribution >= 0.6 is 0 Å². The Hall–Kier alpha value is -2.48. The van der Waals surface area contributed by atoms with Gasteiger partial charge < -0.3 is 0 Å². The summed E-state index contributed by atoms with van der Waals surface area (Å²) in [6.45, 7) is 3.64. The van der Waals surface area contributed by atoms with Crippen LogP contribution in [-0.2, 0) is 0 Å². The van der Waals surface area contributed by atoms with Crippen LogP contribution in [-0.4, -0.2) is 10.8 Å². The average molecular weight is 261 g/mol. The highest BCUT2D eigenvalue weighted by Gasteiger charge is 2.07. The number of pyridine rings is 1. The van der Waals surface area contributed by atoms with Crippen LogP contribution in [0.15, 0.2) is 54.6 Å². The van der Waals surface area contributed by atoms with Crippen molar-refractivity contribution < 1.29 is 4.79 Å². The summed E-state index contributed by atoms with van der Waals surface area (Å²) < 4.78 is 0. The molecule has 0 spiro atoms. The van der Waals surface area contributed by atoms with Gasteiger partial charge in [-0.2, -0.15) is 0 Å². The highest BCUT2D eigenvalue weighted by atomic mass is 16.1. The summed E-state index contributed by atoms with van der Waals surface area (Å²) in [4.78, 5) is 16.2. The maximum atomic E-state index is 11.5. The lowest BCUT2D eigenvalue weighted by atomic mass is 10.0. The molecule has 0 bridgehead atoms. The Labute approximate surface area is 118 Å². The first-order chi connectivity index (χ1) is 9.65. The van der Waals surface area contributed by atoms with E-state index in [0.29, 0.717) is 0 Å². The zero-order valence-corrected chi connectivity index (χ0v) is 11.6. The zero-order chi connectivity index (χ0) is 14.1. The molecule has 0 radical (unpaired) electrons. The quantitative estimate of drug-likeness (QED) is 0.639. The standard InChI is InChI=1S/C18H15NO/c1-12-10-18(14-6-4-3-5-7-14)19-17-9-8-15(13(2)20)11-16(12)17/h3-11H,1-2H3. The molecule has 20 heavy (non-hydrogen) atoms. The highest BCUT2D eigenvalue weighted by molar-refractivity contribution is 5.98. The van der Waals surface area contributed by atoms with Gasteiger partial charge in [0.25, 0.3) is 0 Å². The Kier molecular flexibility index (Phi) is 3.07. The molecule has 0 fully saturated rings. The van der Waals surface area contributed by atoms with Crippen molar-refractivity contribution in [3.8, 4) is 11.3 Å². The lowest BCUT2D eigenvalue weighted by Gasteiger charge is -2.08. The fraction of sp³-hybridized carbons (Fsp3) is 0.111. The third-order valence-corrected chi connectivity index (χ3v) is 3.49. The summed E-state index contributed by atoms with van der Waals surface area (Å²) >= 11 is 0. The molecule has 1 aromatic heterocycles. The van der Waals surface area contributed by atoms with E-state index in [1.54, 1.807) is 6.92 Å². The summed E-state index contributed by atoms with van der Waals surface area (Å²) in [5.41, 5.74) is 4.86. The number of rotatable bonds is 2. The summed E-state index contributed by atoms with van der Waals surface area (Å²) in [7, 11) is 0. The number of fused-ring (bicyclic) bond motifs is 1. The molecule has 0 saturated heterocycles. The second kappa shape index (κ2) is 4.89. The summed E-state index contributed by atoms with van der Waals surface area (Å²) in [6, 6.07) is 17.9. The second-order valence-electron chi connectivity index (χ2n) is 4.98. The van der Waals surface area contributed by atoms with E-state index < -0.39 is 0 Å². The smallest absolute Gasteiger partial charge is 0.159 e. The first kappa shape index (κ1) is 12.5. The van der Waals surface area contributed by atoms with Crippen LogP contribution in [0.25, 0.3) is 22.2 Å². The first-order valence-corrected chi connectivity index (χ1v) is 6.63. The Morgan fingerprint density at radius 3 is 2.45 bits per heavy atom. The molecular formula is C18H15NO. The number of hydrogen-bond donors (Lipinski definition) is 0. The van der Waals surface area contributed by atoms with Gasteiger partial charge in [-0.1, -0.05) is 30.3 Å². The monoisotopic (exact) mass is 261 g/mol. The predicted octanol–water partition coefficient (Wildman–Crippen LogP) is 4.41. The summed E-state index contributed by atoms with van der Waals surface area (Å²) in [5, 5.41) is 1.04. The molecule has 0 saturated carbocycles. The number of hydrogen-bond acceptors (Lipinski definition) is 2. The lowest BCUT2D eigenvalue weighted by Crippen LogP contribution is -1.94. The van der Waals surface area contributed by atoms with Crippen molar-refractivity contribution >= 4 is 16.7 Å². The van der Waals surface area contributed by atoms with Gasteiger partial charge in [-0.15, -0.1) is 0 Å². The van der Waals surface area contributed by atoms with Crippen molar-refractivity contribution in [2.75, 3.05) is 0 Å². The molecule has 3 aromatic rings. The minimum atomic E-state index is 0.0819. The van der Waals surface area contributed by atoms with Gasteiger partial charge >= 0.3 is 0 Å². The van der Waals surface area contributed by atoms with E-state index >= 15 is 0 Å². The number of carbonyl (C=O) groups excluding carboxylic acids is 1. The van der Waals surface area contributed by atoms with Crippen molar-refractivity contribution in [2.45, 2.75) is 13.8 Å². The van der Waals surface area contributed by atoms with Crippen molar-refractivity contribution in [2.24, 2.45) is 0 Å². The number of benzene rings is 2. The molecule has 0 aliphatic heterocycles. The van der Waals surface area contributed by atoms with Crippen molar-refractivity contribution in [3.05, 3.63) is 65.7 Å². The van der Waals surface area contributed by atoms with Crippen LogP contribution in [0.5, 0.6) is 0 Å². The Bertz CT molecular complexity index is 791. The van der Waals surface area contributed by atoms with Crippen LogP contribution in [0.2, 0.25) is 0 Å². The first-order valence-electron chi connectivity index (χ1n) is 6.63. The third kappa shape index (κ3) is 2.21. The van der Waals surface area contributed by atoms with Gasteiger partial charge in [-0.25, -0.2) is 4.98 Å². The van der Waals surface area contributed by atoms with Crippen molar-refractivity contribution in [3.63, 3.8) is 0 Å². The van der Waals surface area contributed by atoms with Crippen LogP contribution in [0.4, 0.5) is 0 Å². The number of ketones is 1. The molecule has 3 rings (SSSR count). The molecular weight excluding hydrogens is 246 g/mol. The molecule has 1 heterocycles. The van der Waals surface area contributed by atoms with E-state index in [1.165, 1.54) is 0 Å². The largest absolute Gasteiger partial charge is 0.295 e. The van der Waals surface area contributed by atoms with Gasteiger partial charge in [0.15, 0.2) is 5.78 Å². The average Bonchev–Trinajstić information content (AvgIpc) is 2.47. The number of carbonyl (C=O) groups is 1. The lowest BCUT2D eigenvalue weighted by molar-refractivity contribution is 0.101. The number of aromatic nitrogens is 1. The predicted molar refractivity (Wildman–Crippen MR) is 81.9 cm³/mol. The minimum Gasteiger partial charge on any atom is -0.295 e. The second-order valence-corrected chi connectivity index (χ2v) is 4.98. The maximum absolute atomic E-state index is 11.5. The molecule has 0 atom stereocenters. The van der Waals surface area contributed by atoms with E-state index in [-0.39, 0.29) is 5.78 Å². The van der Waals surface area contributed by atoms with Gasteiger partial charge in [0, 0.05) is 16.5 Å². The molecule has 98 valence electrons. The third-order valence-electron chi connectivity index (χ3n) is 3.49. The maximum Gasteiger partial charge on any atom is 0.159 e. The number of Topliss-reactive ketones (excluding diaryl/α,β-unsaturated/α-hetero) is 1. The van der Waals surface area contributed by atoms with Crippen LogP contribution in [0.3, 0.4) is 0 Å². The van der Waals surface area contributed by atoms with Gasteiger partial charge in [0.2, 0.25) is 0 Å². The van der Waals surface area contributed by atoms with Gasteiger partial charge in [0.1, 0.15) is 0 Å². The van der Waals surface area contributed by atoms with E-state index in [4.69, 9.17) is 4.98 Å². The van der Waals surface area contributed by atoms with Crippen LogP contribution < -0.4 is 0 Å². The van der Waals surface area contributed by atoms with E-state index in [2.05, 4.69) is 25.1 Å². The number of aryl methyl sites for hydroxylation is 1. The van der Waals surface area contributed by atoms with E-state index in [0.717, 1.165) is 33.3 Å². The summed E-state index contributed by atoms with van der Waals surface area (Å²) in [5.74, 6) is 0.0819. The molecule has 0 unspecified atom stereocenters. The molecule has 0 amide bonds. The van der Waals surface area contributed by atoms with Gasteiger partial charge in [0.05, 0.1) is 11.2 Å². The number of nitrogens with zero attached hydrogens (tertiary/aromatic N) is 1. The fourth-order valence-corrected chi connectivity index (χ4v) is 2.37. The Morgan fingerprint density at radius 1 is 1.00 bits per heavy atom. The molecule has 2 aromatic carbocycles. The van der Waals surface area contributed by atoms with Gasteiger partial charge in [-0.3, -0.25) is 4.79 Å².